The summed E-state index contributed by atoms with van der Waals surface area (Å²) >= 11 is 3.23. The fourth-order valence-corrected chi connectivity index (χ4v) is 4.61. The van der Waals surface area contributed by atoms with Crippen molar-refractivity contribution in [2.75, 3.05) is 6.61 Å². The molecule has 0 saturated heterocycles. The lowest BCUT2D eigenvalue weighted by atomic mass is 10.1. The minimum Gasteiger partial charge on any atom is -0.461 e. The Hall–Kier alpha value is -1.27. The molecule has 0 aromatic carbocycles. The molecule has 0 N–H and O–H groups in total. The molecule has 0 fully saturated rings. The maximum Gasteiger partial charge on any atom is 0.358 e. The Labute approximate surface area is 145 Å². The van der Waals surface area contributed by atoms with Crippen molar-refractivity contribution in [1.82, 2.24) is 9.97 Å². The monoisotopic (exact) mass is 352 g/mol. The van der Waals surface area contributed by atoms with Crippen LogP contribution in [0.3, 0.4) is 0 Å². The summed E-state index contributed by atoms with van der Waals surface area (Å²) in [6.45, 7) is 10.8. The molecule has 2 rings (SSSR count). The summed E-state index contributed by atoms with van der Waals surface area (Å²) in [4.78, 5) is 23.5. The van der Waals surface area contributed by atoms with E-state index < -0.39 is 0 Å². The Morgan fingerprint density at radius 2 is 1.83 bits per heavy atom. The van der Waals surface area contributed by atoms with E-state index in [-0.39, 0.29) is 5.97 Å². The average Bonchev–Trinajstić information content (AvgIpc) is 3.04. The SMILES string of the molecule is CCOC(=O)c1nc(-c2ncsc2CC(C)C)sc1CC(C)C. The molecule has 0 unspecified atom stereocenters. The van der Waals surface area contributed by atoms with Crippen molar-refractivity contribution in [1.29, 1.82) is 0 Å². The standard InChI is InChI=1S/C17H24N2O2S2/c1-6-21-17(20)15-13(8-11(4)5)23-16(19-15)14-12(7-10(2)3)22-9-18-14/h9-11H,6-8H2,1-5H3. The quantitative estimate of drug-likeness (QED) is 0.669. The Bertz CT molecular complexity index is 659. The van der Waals surface area contributed by atoms with Crippen LogP contribution in [-0.2, 0) is 17.6 Å². The maximum absolute atomic E-state index is 12.2. The molecule has 23 heavy (non-hydrogen) atoms. The summed E-state index contributed by atoms with van der Waals surface area (Å²) < 4.78 is 5.16. The van der Waals surface area contributed by atoms with Crippen LogP contribution in [0.2, 0.25) is 0 Å². The van der Waals surface area contributed by atoms with E-state index in [9.17, 15) is 4.79 Å². The highest BCUT2D eigenvalue weighted by Gasteiger charge is 2.23. The second-order valence-corrected chi connectivity index (χ2v) is 8.35. The van der Waals surface area contributed by atoms with Gasteiger partial charge in [-0.15, -0.1) is 22.7 Å². The Morgan fingerprint density at radius 3 is 2.43 bits per heavy atom. The summed E-state index contributed by atoms with van der Waals surface area (Å²) in [7, 11) is 0. The molecule has 0 radical (unpaired) electrons. The molecule has 126 valence electrons. The van der Waals surface area contributed by atoms with Crippen molar-refractivity contribution in [2.45, 2.75) is 47.5 Å². The molecular weight excluding hydrogens is 328 g/mol. The minimum absolute atomic E-state index is 0.328. The molecule has 6 heteroatoms. The van der Waals surface area contributed by atoms with Crippen molar-refractivity contribution in [3.05, 3.63) is 21.0 Å². The van der Waals surface area contributed by atoms with Crippen LogP contribution in [0.5, 0.6) is 0 Å². The Morgan fingerprint density at radius 1 is 1.17 bits per heavy atom. The van der Waals surface area contributed by atoms with E-state index in [1.165, 1.54) is 4.88 Å². The van der Waals surface area contributed by atoms with E-state index in [0.29, 0.717) is 24.1 Å². The number of carbonyl (C=O) groups is 1. The number of rotatable bonds is 7. The van der Waals surface area contributed by atoms with Gasteiger partial charge in [0, 0.05) is 9.75 Å². The molecule has 0 spiro atoms. The Balaban J connectivity index is 2.40. The van der Waals surface area contributed by atoms with Gasteiger partial charge in [0.1, 0.15) is 10.7 Å². The van der Waals surface area contributed by atoms with Gasteiger partial charge >= 0.3 is 5.97 Å². The fourth-order valence-electron chi connectivity index (χ4n) is 2.28. The molecule has 0 aliphatic rings. The van der Waals surface area contributed by atoms with E-state index in [1.54, 1.807) is 22.7 Å². The zero-order chi connectivity index (χ0) is 17.0. The molecule has 2 aromatic heterocycles. The molecule has 2 heterocycles. The molecule has 0 aliphatic heterocycles. The van der Waals surface area contributed by atoms with Crippen molar-refractivity contribution < 1.29 is 9.53 Å². The van der Waals surface area contributed by atoms with Crippen molar-refractivity contribution in [3.8, 4) is 10.7 Å². The lowest BCUT2D eigenvalue weighted by molar-refractivity contribution is 0.0519. The van der Waals surface area contributed by atoms with E-state index >= 15 is 0 Å². The van der Waals surface area contributed by atoms with Gasteiger partial charge in [-0.05, 0) is 31.6 Å². The normalized spacial score (nSPS) is 11.4. The first-order chi connectivity index (χ1) is 10.9. The van der Waals surface area contributed by atoms with Gasteiger partial charge in [0.15, 0.2) is 5.69 Å². The van der Waals surface area contributed by atoms with Crippen LogP contribution in [0.1, 0.15) is 54.9 Å². The highest BCUT2D eigenvalue weighted by molar-refractivity contribution is 7.16. The van der Waals surface area contributed by atoms with Crippen LogP contribution in [0, 0.1) is 11.8 Å². The van der Waals surface area contributed by atoms with Crippen LogP contribution in [0.25, 0.3) is 10.7 Å². The van der Waals surface area contributed by atoms with E-state index in [2.05, 4.69) is 37.7 Å². The van der Waals surface area contributed by atoms with Gasteiger partial charge in [-0.25, -0.2) is 14.8 Å². The second-order valence-electron chi connectivity index (χ2n) is 6.33. The molecule has 0 atom stereocenters. The van der Waals surface area contributed by atoms with Crippen LogP contribution >= 0.6 is 22.7 Å². The third kappa shape index (κ3) is 4.61. The van der Waals surface area contributed by atoms with Gasteiger partial charge in [-0.3, -0.25) is 0 Å². The second kappa shape index (κ2) is 8.02. The summed E-state index contributed by atoms with van der Waals surface area (Å²) in [6, 6.07) is 0. The van der Waals surface area contributed by atoms with Crippen molar-refractivity contribution in [2.24, 2.45) is 11.8 Å². The van der Waals surface area contributed by atoms with Crippen LogP contribution in [0.4, 0.5) is 0 Å². The zero-order valence-electron chi connectivity index (χ0n) is 14.4. The molecular formula is C17H24N2O2S2. The van der Waals surface area contributed by atoms with E-state index in [0.717, 1.165) is 28.4 Å². The van der Waals surface area contributed by atoms with Gasteiger partial charge in [0.05, 0.1) is 12.1 Å². The summed E-state index contributed by atoms with van der Waals surface area (Å²) in [6.07, 6.45) is 1.81. The first-order valence-electron chi connectivity index (χ1n) is 8.01. The highest BCUT2D eigenvalue weighted by atomic mass is 32.1. The summed E-state index contributed by atoms with van der Waals surface area (Å²) in [5, 5.41) is 0.834. The van der Waals surface area contributed by atoms with Crippen molar-refractivity contribution in [3.63, 3.8) is 0 Å². The smallest absolute Gasteiger partial charge is 0.358 e. The highest BCUT2D eigenvalue weighted by Crippen LogP contribution is 2.34. The molecule has 4 nitrogen and oxygen atoms in total. The predicted octanol–water partition coefficient (Wildman–Crippen LogP) is 4.84. The number of nitrogens with zero attached hydrogens (tertiary/aromatic N) is 2. The van der Waals surface area contributed by atoms with Crippen LogP contribution in [-0.4, -0.2) is 22.5 Å². The lowest BCUT2D eigenvalue weighted by Crippen LogP contribution is -2.08. The molecule has 0 amide bonds. The fraction of sp³-hybridized carbons (Fsp3) is 0.588. The number of hydrogen-bond acceptors (Lipinski definition) is 6. The third-order valence-corrected chi connectivity index (χ3v) is 5.14. The molecule has 0 bridgehead atoms. The first kappa shape index (κ1) is 18.1. The van der Waals surface area contributed by atoms with Gasteiger partial charge < -0.3 is 4.74 Å². The minimum atomic E-state index is -0.328. The van der Waals surface area contributed by atoms with Gasteiger partial charge in [-0.1, -0.05) is 27.7 Å². The zero-order valence-corrected chi connectivity index (χ0v) is 16.0. The number of thiazole rings is 2. The number of aromatic nitrogens is 2. The molecule has 0 saturated carbocycles. The predicted molar refractivity (Wildman–Crippen MR) is 96.3 cm³/mol. The van der Waals surface area contributed by atoms with Crippen molar-refractivity contribution >= 4 is 28.6 Å². The van der Waals surface area contributed by atoms with E-state index in [1.807, 2.05) is 12.4 Å². The van der Waals surface area contributed by atoms with Gasteiger partial charge in [0.25, 0.3) is 0 Å². The number of ether oxygens (including phenoxy) is 1. The van der Waals surface area contributed by atoms with Gasteiger partial charge in [-0.2, -0.15) is 0 Å². The molecule has 2 aromatic rings. The number of hydrogen-bond donors (Lipinski definition) is 0. The lowest BCUT2D eigenvalue weighted by Gasteiger charge is -2.04. The number of carbonyl (C=O) groups excluding carboxylic acids is 1. The average molecular weight is 353 g/mol. The van der Waals surface area contributed by atoms with E-state index in [4.69, 9.17) is 4.74 Å². The Kier molecular flexibility index (Phi) is 6.30. The third-order valence-electron chi connectivity index (χ3n) is 3.20. The number of esters is 1. The summed E-state index contributed by atoms with van der Waals surface area (Å²) in [5.41, 5.74) is 3.25. The van der Waals surface area contributed by atoms with Gasteiger partial charge in [0.2, 0.25) is 0 Å². The molecule has 0 aliphatic carbocycles. The van der Waals surface area contributed by atoms with Crippen LogP contribution in [0.15, 0.2) is 5.51 Å². The summed E-state index contributed by atoms with van der Waals surface area (Å²) in [5.74, 6) is 0.696. The van der Waals surface area contributed by atoms with Crippen LogP contribution < -0.4 is 0 Å². The maximum atomic E-state index is 12.2. The largest absolute Gasteiger partial charge is 0.461 e. The topological polar surface area (TPSA) is 52.1 Å². The first-order valence-corrected chi connectivity index (χ1v) is 9.71.